The van der Waals surface area contributed by atoms with E-state index in [1.807, 2.05) is 13.8 Å². The van der Waals surface area contributed by atoms with E-state index in [9.17, 15) is 22.8 Å². The molecule has 0 aromatic carbocycles. The summed E-state index contributed by atoms with van der Waals surface area (Å²) in [5.74, 6) is -1.55. The number of halogens is 3. The number of nitrogens with zero attached hydrogens (tertiary/aromatic N) is 3. The second-order valence-corrected chi connectivity index (χ2v) is 6.42. The van der Waals surface area contributed by atoms with Crippen molar-refractivity contribution < 1.29 is 31.9 Å². The van der Waals surface area contributed by atoms with Crippen LogP contribution in [0.25, 0.3) is 22.5 Å². The van der Waals surface area contributed by atoms with Crippen LogP contribution in [-0.4, -0.2) is 46.0 Å². The Balaban J connectivity index is 1.87. The molecule has 3 aromatic heterocycles. The van der Waals surface area contributed by atoms with Gasteiger partial charge in [0.05, 0.1) is 23.4 Å². The quantitative estimate of drug-likeness (QED) is 0.627. The average Bonchev–Trinajstić information content (AvgIpc) is 3.32. The molecule has 0 aliphatic carbocycles. The summed E-state index contributed by atoms with van der Waals surface area (Å²) in [7, 11) is 0. The zero-order valence-electron chi connectivity index (χ0n) is 15.5. The molecule has 0 saturated heterocycles. The smallest absolute Gasteiger partial charge is 0.405 e. The maximum atomic E-state index is 12.5. The number of aromatic nitrogens is 3. The van der Waals surface area contributed by atoms with E-state index in [-0.39, 0.29) is 11.6 Å². The van der Waals surface area contributed by atoms with Crippen molar-refractivity contribution >= 4 is 22.9 Å². The van der Waals surface area contributed by atoms with Gasteiger partial charge in [0, 0.05) is 6.04 Å². The van der Waals surface area contributed by atoms with Gasteiger partial charge in [0.2, 0.25) is 0 Å². The zero-order chi connectivity index (χ0) is 21.2. The molecular formula is C18H17F3N4O4. The second kappa shape index (κ2) is 7.94. The van der Waals surface area contributed by atoms with Crippen molar-refractivity contribution in [2.75, 3.05) is 13.2 Å². The lowest BCUT2D eigenvalue weighted by atomic mass is 10.1. The molecule has 3 aromatic rings. The molecule has 29 heavy (non-hydrogen) atoms. The largest absolute Gasteiger partial charge is 0.463 e. The van der Waals surface area contributed by atoms with Gasteiger partial charge in [0.1, 0.15) is 12.2 Å². The van der Waals surface area contributed by atoms with Crippen molar-refractivity contribution in [2.24, 2.45) is 0 Å². The maximum Gasteiger partial charge on any atom is 0.405 e. The van der Waals surface area contributed by atoms with Gasteiger partial charge in [0.25, 0.3) is 5.91 Å². The fourth-order valence-electron chi connectivity index (χ4n) is 2.57. The molecule has 0 spiro atoms. The third-order valence-corrected chi connectivity index (χ3v) is 3.87. The number of hydrogen-bond acceptors (Lipinski definition) is 6. The van der Waals surface area contributed by atoms with Crippen LogP contribution >= 0.6 is 0 Å². The minimum Gasteiger partial charge on any atom is -0.463 e. The van der Waals surface area contributed by atoms with Crippen LogP contribution in [-0.2, 0) is 9.53 Å². The lowest BCUT2D eigenvalue weighted by Crippen LogP contribution is -2.36. The number of furan rings is 1. The van der Waals surface area contributed by atoms with Crippen LogP contribution in [0.15, 0.2) is 35.1 Å². The minimum absolute atomic E-state index is 0.0520. The highest BCUT2D eigenvalue weighted by Gasteiger charge is 2.28. The van der Waals surface area contributed by atoms with E-state index in [0.29, 0.717) is 22.5 Å². The molecule has 11 heteroatoms. The fourth-order valence-corrected chi connectivity index (χ4v) is 2.57. The monoisotopic (exact) mass is 410 g/mol. The van der Waals surface area contributed by atoms with Gasteiger partial charge >= 0.3 is 12.1 Å². The normalized spacial score (nSPS) is 11.8. The third kappa shape index (κ3) is 4.73. The SMILES string of the molecule is CC(C)n1ncc2c(C(=O)OCC(=O)NCC(F)(F)F)cc(-c3ccco3)nc21. The van der Waals surface area contributed by atoms with Crippen LogP contribution in [0.3, 0.4) is 0 Å². The number of esters is 1. The number of carbonyl (C=O) groups is 2. The van der Waals surface area contributed by atoms with Crippen molar-refractivity contribution in [1.29, 1.82) is 0 Å². The number of pyridine rings is 1. The summed E-state index contributed by atoms with van der Waals surface area (Å²) in [5, 5.41) is 6.24. The highest BCUT2D eigenvalue weighted by molar-refractivity contribution is 6.04. The van der Waals surface area contributed by atoms with E-state index in [0.717, 1.165) is 0 Å². The molecule has 3 heterocycles. The van der Waals surface area contributed by atoms with Crippen LogP contribution in [0.2, 0.25) is 0 Å². The Bertz CT molecular complexity index is 1030. The van der Waals surface area contributed by atoms with Gasteiger partial charge in [-0.3, -0.25) is 4.79 Å². The van der Waals surface area contributed by atoms with Crippen molar-refractivity contribution in [1.82, 2.24) is 20.1 Å². The lowest BCUT2D eigenvalue weighted by molar-refractivity contribution is -0.140. The Hall–Kier alpha value is -3.37. The summed E-state index contributed by atoms with van der Waals surface area (Å²) in [5.41, 5.74) is 0.817. The summed E-state index contributed by atoms with van der Waals surface area (Å²) in [6, 6.07) is 4.68. The second-order valence-electron chi connectivity index (χ2n) is 6.42. The number of carbonyl (C=O) groups excluding carboxylic acids is 2. The Morgan fingerprint density at radius 3 is 2.72 bits per heavy atom. The first kappa shape index (κ1) is 20.4. The van der Waals surface area contributed by atoms with Gasteiger partial charge in [-0.1, -0.05) is 0 Å². The molecule has 0 bridgehead atoms. The molecule has 0 aliphatic heterocycles. The van der Waals surface area contributed by atoms with Crippen LogP contribution in [0.5, 0.6) is 0 Å². The first-order valence-corrected chi connectivity index (χ1v) is 8.58. The van der Waals surface area contributed by atoms with E-state index < -0.39 is 31.2 Å². The molecule has 0 atom stereocenters. The van der Waals surface area contributed by atoms with Crippen LogP contribution in [0.1, 0.15) is 30.2 Å². The number of ether oxygens (including phenoxy) is 1. The lowest BCUT2D eigenvalue weighted by Gasteiger charge is -2.10. The molecule has 0 unspecified atom stereocenters. The van der Waals surface area contributed by atoms with Crippen molar-refractivity contribution in [2.45, 2.75) is 26.1 Å². The van der Waals surface area contributed by atoms with Crippen molar-refractivity contribution in [3.63, 3.8) is 0 Å². The summed E-state index contributed by atoms with van der Waals surface area (Å²) in [6.45, 7) is 1.41. The van der Waals surface area contributed by atoms with Crippen molar-refractivity contribution in [3.05, 3.63) is 36.2 Å². The van der Waals surface area contributed by atoms with E-state index in [2.05, 4.69) is 10.1 Å². The Labute approximate surface area is 162 Å². The highest BCUT2D eigenvalue weighted by atomic mass is 19.4. The van der Waals surface area contributed by atoms with Gasteiger partial charge in [-0.15, -0.1) is 0 Å². The predicted octanol–water partition coefficient (Wildman–Crippen LogP) is 3.11. The topological polar surface area (TPSA) is 99.2 Å². The molecule has 1 amide bonds. The number of rotatable bonds is 6. The predicted molar refractivity (Wildman–Crippen MR) is 95.0 cm³/mol. The van der Waals surface area contributed by atoms with Crippen LogP contribution in [0.4, 0.5) is 13.2 Å². The molecule has 1 N–H and O–H groups in total. The molecule has 0 radical (unpaired) electrons. The van der Waals surface area contributed by atoms with E-state index in [1.165, 1.54) is 18.5 Å². The van der Waals surface area contributed by atoms with E-state index in [4.69, 9.17) is 9.15 Å². The first-order valence-electron chi connectivity index (χ1n) is 8.58. The number of fused-ring (bicyclic) bond motifs is 1. The van der Waals surface area contributed by atoms with Crippen LogP contribution in [0, 0.1) is 0 Å². The first-order chi connectivity index (χ1) is 13.7. The van der Waals surface area contributed by atoms with Gasteiger partial charge in [-0.25, -0.2) is 14.5 Å². The molecule has 154 valence electrons. The summed E-state index contributed by atoms with van der Waals surface area (Å²) in [4.78, 5) is 28.5. The third-order valence-electron chi connectivity index (χ3n) is 3.87. The minimum atomic E-state index is -4.56. The summed E-state index contributed by atoms with van der Waals surface area (Å²) in [6.07, 6.45) is -1.67. The Kier molecular flexibility index (Phi) is 5.57. The number of alkyl halides is 3. The standard InChI is InChI=1S/C18H17F3N4O4/c1-10(2)25-16-12(7-23-25)11(6-13(24-16)14-4-3-5-28-14)17(27)29-8-15(26)22-9-18(19,20)21/h3-7,10H,8-9H2,1-2H3,(H,22,26). The molecule has 3 rings (SSSR count). The number of amides is 1. The zero-order valence-corrected chi connectivity index (χ0v) is 15.5. The number of nitrogens with one attached hydrogen (secondary N) is 1. The summed E-state index contributed by atoms with van der Waals surface area (Å²) >= 11 is 0. The van der Waals surface area contributed by atoms with Crippen LogP contribution < -0.4 is 5.32 Å². The van der Waals surface area contributed by atoms with Gasteiger partial charge in [-0.2, -0.15) is 18.3 Å². The Morgan fingerprint density at radius 1 is 1.34 bits per heavy atom. The van der Waals surface area contributed by atoms with Gasteiger partial charge in [0.15, 0.2) is 18.0 Å². The molecular weight excluding hydrogens is 393 g/mol. The molecule has 0 aliphatic rings. The average molecular weight is 410 g/mol. The van der Waals surface area contributed by atoms with E-state index >= 15 is 0 Å². The van der Waals surface area contributed by atoms with E-state index in [1.54, 1.807) is 22.1 Å². The molecule has 0 fully saturated rings. The maximum absolute atomic E-state index is 12.5. The fraction of sp³-hybridized carbons (Fsp3) is 0.333. The summed E-state index contributed by atoms with van der Waals surface area (Å²) < 4.78 is 48.3. The number of hydrogen-bond donors (Lipinski definition) is 1. The highest BCUT2D eigenvalue weighted by Crippen LogP contribution is 2.27. The molecule has 0 saturated carbocycles. The Morgan fingerprint density at radius 2 is 2.10 bits per heavy atom. The molecule has 8 nitrogen and oxygen atoms in total. The van der Waals surface area contributed by atoms with Gasteiger partial charge in [-0.05, 0) is 32.0 Å². The van der Waals surface area contributed by atoms with Crippen molar-refractivity contribution in [3.8, 4) is 11.5 Å². The van der Waals surface area contributed by atoms with Gasteiger partial charge < -0.3 is 14.5 Å².